The zero-order valence-electron chi connectivity index (χ0n) is 18.8. The summed E-state index contributed by atoms with van der Waals surface area (Å²) in [6.07, 6.45) is 5.68. The predicted octanol–water partition coefficient (Wildman–Crippen LogP) is 5.16. The summed E-state index contributed by atoms with van der Waals surface area (Å²) in [5, 5.41) is 3.36. The maximum atomic E-state index is 13.2. The van der Waals surface area contributed by atoms with E-state index < -0.39 is 10.0 Å². The van der Waals surface area contributed by atoms with Crippen molar-refractivity contribution in [3.8, 4) is 16.3 Å². The highest BCUT2D eigenvalue weighted by atomic mass is 35.5. The van der Waals surface area contributed by atoms with Crippen molar-refractivity contribution >= 4 is 33.0 Å². The van der Waals surface area contributed by atoms with Gasteiger partial charge in [0.2, 0.25) is 10.0 Å². The summed E-state index contributed by atoms with van der Waals surface area (Å²) in [6, 6.07) is 15.1. The Morgan fingerprint density at radius 3 is 2.09 bits per heavy atom. The molecule has 2 fully saturated rings. The molecule has 0 saturated carbocycles. The van der Waals surface area contributed by atoms with Crippen molar-refractivity contribution in [2.75, 3.05) is 26.2 Å². The fourth-order valence-electron chi connectivity index (χ4n) is 4.83. The molecule has 0 unspecified atom stereocenters. The highest BCUT2D eigenvalue weighted by molar-refractivity contribution is 7.89. The van der Waals surface area contributed by atoms with Crippen molar-refractivity contribution in [1.82, 2.24) is 14.2 Å². The van der Waals surface area contributed by atoms with Crippen LogP contribution in [0.1, 0.15) is 25.7 Å². The summed E-state index contributed by atoms with van der Waals surface area (Å²) in [5.41, 5.74) is 1.98. The van der Waals surface area contributed by atoms with E-state index in [2.05, 4.69) is 9.88 Å². The van der Waals surface area contributed by atoms with E-state index in [-0.39, 0.29) is 6.10 Å². The van der Waals surface area contributed by atoms with Crippen LogP contribution in [-0.4, -0.2) is 60.9 Å². The van der Waals surface area contributed by atoms with Gasteiger partial charge in [0.25, 0.3) is 5.19 Å². The van der Waals surface area contributed by atoms with Crippen LogP contribution in [0.4, 0.5) is 0 Å². The number of halogens is 1. The van der Waals surface area contributed by atoms with Crippen LogP contribution in [0.5, 0.6) is 5.19 Å². The van der Waals surface area contributed by atoms with Crippen molar-refractivity contribution in [2.24, 2.45) is 0 Å². The number of nitrogens with zero attached hydrogens (tertiary/aromatic N) is 3. The van der Waals surface area contributed by atoms with Crippen LogP contribution in [0, 0.1) is 0 Å². The molecule has 3 aromatic rings. The van der Waals surface area contributed by atoms with Crippen LogP contribution in [-0.2, 0) is 10.0 Å². The third-order valence-corrected chi connectivity index (χ3v) is 9.59. The number of thiazole rings is 1. The van der Waals surface area contributed by atoms with E-state index in [1.807, 2.05) is 41.8 Å². The van der Waals surface area contributed by atoms with Gasteiger partial charge in [-0.05, 0) is 61.1 Å². The lowest BCUT2D eigenvalue weighted by Gasteiger charge is -2.41. The van der Waals surface area contributed by atoms with Gasteiger partial charge in [-0.15, -0.1) is 0 Å². The molecule has 0 amide bonds. The molecule has 180 valence electrons. The molecule has 0 radical (unpaired) electrons. The average Bonchev–Trinajstić information content (AvgIpc) is 3.38. The lowest BCUT2D eigenvalue weighted by atomic mass is 10.00. The molecule has 6 nitrogen and oxygen atoms in total. The van der Waals surface area contributed by atoms with Crippen LogP contribution in [0.3, 0.4) is 0 Å². The first-order valence-electron chi connectivity index (χ1n) is 11.7. The number of rotatable bonds is 6. The van der Waals surface area contributed by atoms with E-state index in [0.29, 0.717) is 29.0 Å². The summed E-state index contributed by atoms with van der Waals surface area (Å²) in [5.74, 6) is 0. The second-order valence-corrected chi connectivity index (χ2v) is 12.0. The first kappa shape index (κ1) is 23.8. The molecule has 1 aromatic heterocycles. The fourth-order valence-corrected chi connectivity index (χ4v) is 6.98. The molecule has 0 atom stereocenters. The molecule has 5 rings (SSSR count). The molecule has 0 N–H and O–H groups in total. The largest absolute Gasteiger partial charge is 0.467 e. The molecule has 3 heterocycles. The van der Waals surface area contributed by atoms with Crippen LogP contribution in [0.2, 0.25) is 5.02 Å². The van der Waals surface area contributed by atoms with Gasteiger partial charge in [0.15, 0.2) is 0 Å². The molecule has 2 aliphatic rings. The number of hydrogen-bond acceptors (Lipinski definition) is 6. The number of piperidine rings is 2. The number of aromatic nitrogens is 1. The van der Waals surface area contributed by atoms with Crippen molar-refractivity contribution in [2.45, 2.75) is 42.7 Å². The molecular weight excluding hydrogens is 490 g/mol. The summed E-state index contributed by atoms with van der Waals surface area (Å²) >= 11 is 7.50. The third-order valence-electron chi connectivity index (χ3n) is 6.76. The van der Waals surface area contributed by atoms with Gasteiger partial charge >= 0.3 is 0 Å². The maximum absolute atomic E-state index is 13.2. The Balaban J connectivity index is 1.15. The molecule has 34 heavy (non-hydrogen) atoms. The minimum atomic E-state index is -3.49. The third kappa shape index (κ3) is 5.31. The van der Waals surface area contributed by atoms with Gasteiger partial charge in [-0.25, -0.2) is 13.4 Å². The minimum Gasteiger partial charge on any atom is -0.467 e. The number of hydrogen-bond donors (Lipinski definition) is 0. The van der Waals surface area contributed by atoms with Crippen LogP contribution < -0.4 is 4.74 Å². The SMILES string of the molecule is O=S(=O)(c1ccc(-c2ccc(Cl)cc2)cc1)N1CCC(N2CCC(Oc3nccs3)CC2)CC1. The lowest BCUT2D eigenvalue weighted by molar-refractivity contribution is 0.0584. The Labute approximate surface area is 210 Å². The summed E-state index contributed by atoms with van der Waals surface area (Å²) in [4.78, 5) is 7.07. The normalized spacial score (nSPS) is 19.3. The quantitative estimate of drug-likeness (QED) is 0.452. The molecule has 2 aromatic carbocycles. The van der Waals surface area contributed by atoms with Crippen LogP contribution in [0.15, 0.2) is 65.0 Å². The molecule has 2 saturated heterocycles. The smallest absolute Gasteiger partial charge is 0.273 e. The first-order chi connectivity index (χ1) is 16.5. The minimum absolute atomic E-state index is 0.221. The van der Waals surface area contributed by atoms with Gasteiger partial charge in [0, 0.05) is 48.8 Å². The monoisotopic (exact) mass is 517 g/mol. The van der Waals surface area contributed by atoms with E-state index in [9.17, 15) is 8.42 Å². The van der Waals surface area contributed by atoms with Gasteiger partial charge in [0.1, 0.15) is 6.10 Å². The van der Waals surface area contributed by atoms with Gasteiger partial charge in [0.05, 0.1) is 4.90 Å². The molecular formula is C25H28ClN3O3S2. The van der Waals surface area contributed by atoms with E-state index in [1.165, 1.54) is 11.3 Å². The maximum Gasteiger partial charge on any atom is 0.273 e. The van der Waals surface area contributed by atoms with Gasteiger partial charge in [-0.3, -0.25) is 0 Å². The number of benzene rings is 2. The molecule has 9 heteroatoms. The van der Waals surface area contributed by atoms with Crippen molar-refractivity contribution in [3.63, 3.8) is 0 Å². The summed E-state index contributed by atoms with van der Waals surface area (Å²) in [6.45, 7) is 3.09. The number of ether oxygens (including phenoxy) is 1. The van der Waals surface area contributed by atoms with E-state index >= 15 is 0 Å². The average molecular weight is 518 g/mol. The first-order valence-corrected chi connectivity index (χ1v) is 14.4. The van der Waals surface area contributed by atoms with Gasteiger partial charge in [-0.1, -0.05) is 47.2 Å². The summed E-state index contributed by atoms with van der Waals surface area (Å²) in [7, 11) is -3.49. The Kier molecular flexibility index (Phi) is 7.22. The second kappa shape index (κ2) is 10.3. The zero-order valence-corrected chi connectivity index (χ0v) is 21.2. The van der Waals surface area contributed by atoms with Crippen LogP contribution in [0.25, 0.3) is 11.1 Å². The van der Waals surface area contributed by atoms with Crippen LogP contribution >= 0.6 is 22.9 Å². The number of sulfonamides is 1. The second-order valence-electron chi connectivity index (χ2n) is 8.82. The van der Waals surface area contributed by atoms with E-state index in [4.69, 9.17) is 16.3 Å². The highest BCUT2D eigenvalue weighted by Gasteiger charge is 2.33. The Hall–Kier alpha value is -1.97. The highest BCUT2D eigenvalue weighted by Crippen LogP contribution is 2.28. The molecule has 0 bridgehead atoms. The standard InChI is InChI=1S/C25H28ClN3O3S2/c26-21-5-1-19(2-6-21)20-3-7-24(8-4-20)34(30,31)29-16-9-22(10-17-29)28-14-11-23(12-15-28)32-25-27-13-18-33-25/h1-8,13,18,22-23H,9-12,14-17H2. The van der Waals surface area contributed by atoms with Gasteiger partial charge in [-0.2, -0.15) is 4.31 Å². The van der Waals surface area contributed by atoms with Crippen molar-refractivity contribution in [3.05, 3.63) is 65.1 Å². The predicted molar refractivity (Wildman–Crippen MR) is 136 cm³/mol. The molecule has 0 spiro atoms. The van der Waals surface area contributed by atoms with Crippen molar-refractivity contribution in [1.29, 1.82) is 0 Å². The number of likely N-dealkylation sites (tertiary alicyclic amines) is 1. The molecule has 2 aliphatic heterocycles. The van der Waals surface area contributed by atoms with E-state index in [1.54, 1.807) is 22.6 Å². The Morgan fingerprint density at radius 1 is 0.882 bits per heavy atom. The zero-order chi connectivity index (χ0) is 23.5. The fraction of sp³-hybridized carbons (Fsp3) is 0.400. The Bertz CT molecular complexity index is 1170. The van der Waals surface area contributed by atoms with E-state index in [0.717, 1.165) is 55.1 Å². The Morgan fingerprint density at radius 2 is 1.50 bits per heavy atom. The molecule has 0 aliphatic carbocycles. The van der Waals surface area contributed by atoms with Crippen molar-refractivity contribution < 1.29 is 13.2 Å². The van der Waals surface area contributed by atoms with Gasteiger partial charge < -0.3 is 9.64 Å². The summed E-state index contributed by atoms with van der Waals surface area (Å²) < 4.78 is 34.1. The topological polar surface area (TPSA) is 62.7 Å². The lowest BCUT2D eigenvalue weighted by Crippen LogP contribution is -2.50.